The monoisotopic (exact) mass is 263 g/mol. The molecule has 18 heavy (non-hydrogen) atoms. The first-order valence-corrected chi connectivity index (χ1v) is 7.14. The molecule has 3 nitrogen and oxygen atoms in total. The third-order valence-electron chi connectivity index (χ3n) is 2.92. The van der Waals surface area contributed by atoms with E-state index in [0.717, 1.165) is 11.4 Å². The summed E-state index contributed by atoms with van der Waals surface area (Å²) in [6.45, 7) is 2.37. The lowest BCUT2D eigenvalue weighted by molar-refractivity contribution is -0.118. The fourth-order valence-corrected chi connectivity index (χ4v) is 2.29. The number of hydrogen-bond donors (Lipinski definition) is 1. The number of carbonyl (C=O) groups is 2. The largest absolute Gasteiger partial charge is 0.355 e. The lowest BCUT2D eigenvalue weighted by Gasteiger charge is -2.04. The summed E-state index contributed by atoms with van der Waals surface area (Å²) in [5.41, 5.74) is 0.706. The lowest BCUT2D eigenvalue weighted by Crippen LogP contribution is -2.27. The number of hydrogen-bond acceptors (Lipinski definition) is 3. The fraction of sp³-hybridized carbons (Fsp3) is 0.429. The van der Waals surface area contributed by atoms with Gasteiger partial charge in [0, 0.05) is 17.0 Å². The van der Waals surface area contributed by atoms with Gasteiger partial charge in [-0.2, -0.15) is 0 Å². The molecule has 1 amide bonds. The summed E-state index contributed by atoms with van der Waals surface area (Å²) in [5.74, 6) is 1.30. The summed E-state index contributed by atoms with van der Waals surface area (Å²) in [6.07, 6.45) is 2.50. The number of carbonyl (C=O) groups excluding carboxylic acids is 2. The van der Waals surface area contributed by atoms with Gasteiger partial charge in [-0.25, -0.2) is 0 Å². The highest BCUT2D eigenvalue weighted by molar-refractivity contribution is 8.00. The zero-order valence-electron chi connectivity index (χ0n) is 10.4. The summed E-state index contributed by atoms with van der Waals surface area (Å²) in [7, 11) is 0. The minimum Gasteiger partial charge on any atom is -0.355 e. The van der Waals surface area contributed by atoms with Crippen LogP contribution < -0.4 is 5.32 Å². The predicted molar refractivity (Wildman–Crippen MR) is 72.9 cm³/mol. The number of thioether (sulfide) groups is 1. The van der Waals surface area contributed by atoms with E-state index in [0.29, 0.717) is 17.2 Å². The molecule has 0 saturated heterocycles. The average molecular weight is 263 g/mol. The molecule has 0 radical (unpaired) electrons. The Hall–Kier alpha value is -1.29. The van der Waals surface area contributed by atoms with Gasteiger partial charge in [-0.3, -0.25) is 9.59 Å². The van der Waals surface area contributed by atoms with Gasteiger partial charge < -0.3 is 5.32 Å². The van der Waals surface area contributed by atoms with Gasteiger partial charge in [0.05, 0.1) is 5.75 Å². The van der Waals surface area contributed by atoms with Crippen LogP contribution in [0, 0.1) is 5.92 Å². The van der Waals surface area contributed by atoms with Crippen LogP contribution in [0.25, 0.3) is 0 Å². The van der Waals surface area contributed by atoms with E-state index in [1.54, 1.807) is 19.1 Å². The van der Waals surface area contributed by atoms with E-state index < -0.39 is 0 Å². The quantitative estimate of drug-likeness (QED) is 0.633. The number of benzene rings is 1. The summed E-state index contributed by atoms with van der Waals surface area (Å²) in [4.78, 5) is 23.7. The van der Waals surface area contributed by atoms with Crippen molar-refractivity contribution in [3.8, 4) is 0 Å². The Labute approximate surface area is 111 Å². The van der Waals surface area contributed by atoms with Gasteiger partial charge in [0.15, 0.2) is 5.78 Å². The fourth-order valence-electron chi connectivity index (χ4n) is 1.57. The van der Waals surface area contributed by atoms with Crippen LogP contribution in [0.2, 0.25) is 0 Å². The Morgan fingerprint density at radius 1 is 1.28 bits per heavy atom. The normalized spacial score (nSPS) is 14.3. The van der Waals surface area contributed by atoms with Crippen molar-refractivity contribution in [3.05, 3.63) is 29.8 Å². The third-order valence-corrected chi connectivity index (χ3v) is 3.93. The predicted octanol–water partition coefficient (Wildman–Crippen LogP) is 2.51. The van der Waals surface area contributed by atoms with E-state index in [2.05, 4.69) is 5.32 Å². The smallest absolute Gasteiger partial charge is 0.230 e. The van der Waals surface area contributed by atoms with E-state index in [-0.39, 0.29) is 11.7 Å². The molecule has 1 aliphatic rings. The third kappa shape index (κ3) is 4.18. The number of ketones is 1. The molecule has 0 atom stereocenters. The Balaban J connectivity index is 1.74. The second-order valence-corrected chi connectivity index (χ2v) is 5.67. The second kappa shape index (κ2) is 6.05. The SMILES string of the molecule is CC(=O)c1ccc(SCC(=O)NCC2CC2)cc1. The highest BCUT2D eigenvalue weighted by atomic mass is 32.2. The van der Waals surface area contributed by atoms with E-state index in [9.17, 15) is 9.59 Å². The zero-order valence-corrected chi connectivity index (χ0v) is 11.3. The Morgan fingerprint density at radius 3 is 2.50 bits per heavy atom. The lowest BCUT2D eigenvalue weighted by atomic mass is 10.2. The maximum atomic E-state index is 11.5. The summed E-state index contributed by atoms with van der Waals surface area (Å²) in [6, 6.07) is 7.37. The molecule has 0 unspecified atom stereocenters. The van der Waals surface area contributed by atoms with Gasteiger partial charge in [-0.1, -0.05) is 12.1 Å². The van der Waals surface area contributed by atoms with Gasteiger partial charge in [-0.15, -0.1) is 11.8 Å². The van der Waals surface area contributed by atoms with Crippen LogP contribution in [-0.4, -0.2) is 24.0 Å². The average Bonchev–Trinajstić information content (AvgIpc) is 3.18. The van der Waals surface area contributed by atoms with Crippen molar-refractivity contribution in [1.82, 2.24) is 5.32 Å². The minimum absolute atomic E-state index is 0.0636. The molecule has 1 aromatic carbocycles. The molecular formula is C14H17NO2S. The van der Waals surface area contributed by atoms with Gasteiger partial charge >= 0.3 is 0 Å². The highest BCUT2D eigenvalue weighted by Crippen LogP contribution is 2.27. The molecule has 1 saturated carbocycles. The molecule has 0 aliphatic heterocycles. The molecule has 1 N–H and O–H groups in total. The zero-order chi connectivity index (χ0) is 13.0. The van der Waals surface area contributed by atoms with Gasteiger partial charge in [0.25, 0.3) is 0 Å². The van der Waals surface area contributed by atoms with Crippen LogP contribution in [0.1, 0.15) is 30.1 Å². The summed E-state index contributed by atoms with van der Waals surface area (Å²) in [5, 5.41) is 2.93. The molecule has 0 bridgehead atoms. The Bertz CT molecular complexity index is 438. The number of Topliss-reactive ketones (excluding diaryl/α,β-unsaturated/α-hetero) is 1. The molecule has 0 aromatic heterocycles. The van der Waals surface area contributed by atoms with E-state index in [1.807, 2.05) is 12.1 Å². The van der Waals surface area contributed by atoms with Gasteiger partial charge in [0.1, 0.15) is 0 Å². The van der Waals surface area contributed by atoms with Crippen LogP contribution >= 0.6 is 11.8 Å². The standard InChI is InChI=1S/C14H17NO2S/c1-10(16)12-4-6-13(7-5-12)18-9-14(17)15-8-11-2-3-11/h4-7,11H,2-3,8-9H2,1H3,(H,15,17). The molecule has 1 fully saturated rings. The molecule has 1 aromatic rings. The van der Waals surface area contributed by atoms with Crippen molar-refractivity contribution in [2.24, 2.45) is 5.92 Å². The van der Waals surface area contributed by atoms with E-state index in [4.69, 9.17) is 0 Å². The van der Waals surface area contributed by atoms with Crippen molar-refractivity contribution in [2.45, 2.75) is 24.7 Å². The molecule has 96 valence electrons. The van der Waals surface area contributed by atoms with Crippen molar-refractivity contribution in [2.75, 3.05) is 12.3 Å². The number of rotatable bonds is 6. The molecular weight excluding hydrogens is 246 g/mol. The molecule has 2 rings (SSSR count). The first-order chi connectivity index (χ1) is 8.65. The number of nitrogens with one attached hydrogen (secondary N) is 1. The topological polar surface area (TPSA) is 46.2 Å². The maximum Gasteiger partial charge on any atom is 0.230 e. The maximum absolute atomic E-state index is 11.5. The van der Waals surface area contributed by atoms with E-state index >= 15 is 0 Å². The van der Waals surface area contributed by atoms with Crippen molar-refractivity contribution in [1.29, 1.82) is 0 Å². The molecule has 0 spiro atoms. The first kappa shape index (κ1) is 13.1. The van der Waals surface area contributed by atoms with Crippen LogP contribution in [0.4, 0.5) is 0 Å². The van der Waals surface area contributed by atoms with Crippen LogP contribution in [0.3, 0.4) is 0 Å². The van der Waals surface area contributed by atoms with Crippen molar-refractivity contribution in [3.63, 3.8) is 0 Å². The molecule has 0 heterocycles. The number of amides is 1. The van der Waals surface area contributed by atoms with E-state index in [1.165, 1.54) is 24.6 Å². The van der Waals surface area contributed by atoms with Crippen molar-refractivity contribution >= 4 is 23.5 Å². The van der Waals surface area contributed by atoms with Crippen LogP contribution in [0.5, 0.6) is 0 Å². The highest BCUT2D eigenvalue weighted by Gasteiger charge is 2.21. The Kier molecular flexibility index (Phi) is 4.42. The molecule has 1 aliphatic carbocycles. The Morgan fingerprint density at radius 2 is 1.94 bits per heavy atom. The van der Waals surface area contributed by atoms with Crippen LogP contribution in [-0.2, 0) is 4.79 Å². The second-order valence-electron chi connectivity index (χ2n) is 4.62. The van der Waals surface area contributed by atoms with Crippen LogP contribution in [0.15, 0.2) is 29.2 Å². The summed E-state index contributed by atoms with van der Waals surface area (Å²) < 4.78 is 0. The molecule has 4 heteroatoms. The van der Waals surface area contributed by atoms with Crippen molar-refractivity contribution < 1.29 is 9.59 Å². The summed E-state index contributed by atoms with van der Waals surface area (Å²) >= 11 is 1.50. The van der Waals surface area contributed by atoms with Gasteiger partial charge in [-0.05, 0) is 37.8 Å². The first-order valence-electron chi connectivity index (χ1n) is 6.15. The minimum atomic E-state index is 0.0636. The van der Waals surface area contributed by atoms with Gasteiger partial charge in [0.2, 0.25) is 5.91 Å².